The molecule has 6 N–H and O–H groups in total. The summed E-state index contributed by atoms with van der Waals surface area (Å²) in [4.78, 5) is 31.8. The molecule has 2 atom stereocenters. The number of aromatic nitrogens is 6. The maximum Gasteiger partial charge on any atom is 0.342 e. The van der Waals surface area contributed by atoms with E-state index in [4.69, 9.17) is 19.1 Å². The van der Waals surface area contributed by atoms with E-state index >= 15 is 0 Å². The fraction of sp³-hybridized carbons (Fsp3) is 0.607. The van der Waals surface area contributed by atoms with Crippen molar-refractivity contribution in [2.75, 3.05) is 5.73 Å². The van der Waals surface area contributed by atoms with Crippen molar-refractivity contribution in [2.45, 2.75) is 83.3 Å². The van der Waals surface area contributed by atoms with Crippen LogP contribution >= 0.6 is 0 Å². The Morgan fingerprint density at radius 2 is 1.60 bits per heavy atom. The maximum atomic E-state index is 13.1. The van der Waals surface area contributed by atoms with Gasteiger partial charge >= 0.3 is 11.8 Å². The zero-order chi connectivity index (χ0) is 38.9. The topological polar surface area (TPSA) is 228 Å². The minimum atomic E-state index is -2.39. The van der Waals surface area contributed by atoms with Gasteiger partial charge in [0, 0.05) is 45.4 Å². The molecule has 2 aliphatic rings. The number of nitro groups is 1. The van der Waals surface area contributed by atoms with Crippen molar-refractivity contribution < 1.29 is 46.8 Å². The number of nitrogens with two attached hydrogens (primary N) is 1. The average Bonchev–Trinajstić information content (AvgIpc) is 3.80. The maximum absolute atomic E-state index is 13.1. The molecular formula is C28H42F2N8O7. The van der Waals surface area contributed by atoms with Gasteiger partial charge in [0.05, 0.1) is 24.4 Å². The molecule has 5 rings (SSSR count). The van der Waals surface area contributed by atoms with Gasteiger partial charge < -0.3 is 31.2 Å². The number of hydrogen-bond donors (Lipinski definition) is 5. The number of aliphatic carboxylic acids is 1. The number of aliphatic hydroxyl groups excluding tert-OH is 2. The quantitative estimate of drug-likeness (QED) is 0.168. The SMILES string of the molecule is CCC1(C(O)C(=O)O)CC(F)C1.O=[N+]([O-])c1ccn[nH]1.[2H]C([2H])([2H])n1ccc(CC(=O)C(O)C2(CC)CC(F)C2)n1.[2H]C([2H])([2H])n1ccc(N)n1. The summed E-state index contributed by atoms with van der Waals surface area (Å²) in [5.41, 5.74) is 4.10. The van der Waals surface area contributed by atoms with Crippen LogP contribution in [0.2, 0.25) is 0 Å². The van der Waals surface area contributed by atoms with Crippen LogP contribution < -0.4 is 5.73 Å². The number of Topliss-reactive ketones (excluding diaryl/α,β-unsaturated/α-hetero) is 1. The Morgan fingerprint density at radius 3 is 1.93 bits per heavy atom. The number of carbonyl (C=O) groups is 2. The molecule has 17 heteroatoms. The van der Waals surface area contributed by atoms with Crippen molar-refractivity contribution in [1.29, 1.82) is 0 Å². The number of carbonyl (C=O) groups excluding carboxylic acids is 1. The Balaban J connectivity index is 0.000000255. The number of rotatable bonds is 9. The summed E-state index contributed by atoms with van der Waals surface area (Å²) in [5.74, 6) is -1.55. The Morgan fingerprint density at radius 1 is 1.07 bits per heavy atom. The van der Waals surface area contributed by atoms with E-state index in [1.54, 1.807) is 6.92 Å². The van der Waals surface area contributed by atoms with Crippen molar-refractivity contribution in [3.63, 3.8) is 0 Å². The van der Waals surface area contributed by atoms with Crippen molar-refractivity contribution >= 4 is 23.4 Å². The number of anilines is 1. The van der Waals surface area contributed by atoms with Crippen molar-refractivity contribution in [3.05, 3.63) is 52.6 Å². The number of carboxylic acids is 1. The molecule has 0 aliphatic heterocycles. The van der Waals surface area contributed by atoms with E-state index < -0.39 is 66.0 Å². The predicted molar refractivity (Wildman–Crippen MR) is 158 cm³/mol. The lowest BCUT2D eigenvalue weighted by Gasteiger charge is -2.46. The van der Waals surface area contributed by atoms with Crippen LogP contribution in [0, 0.1) is 20.9 Å². The molecule has 0 aromatic carbocycles. The first-order chi connectivity index (χ1) is 23.5. The number of nitrogens with one attached hydrogen (secondary N) is 1. The molecule has 2 saturated carbocycles. The van der Waals surface area contributed by atoms with Crippen LogP contribution in [0.15, 0.2) is 36.8 Å². The fourth-order valence-electron chi connectivity index (χ4n) is 5.08. The summed E-state index contributed by atoms with van der Waals surface area (Å²) in [6, 6.07) is 4.17. The van der Waals surface area contributed by atoms with Gasteiger partial charge in [0.25, 0.3) is 0 Å². The van der Waals surface area contributed by atoms with E-state index in [0.717, 1.165) is 9.36 Å². The van der Waals surface area contributed by atoms with Crippen LogP contribution in [0.5, 0.6) is 0 Å². The third-order valence-electron chi connectivity index (χ3n) is 7.91. The van der Waals surface area contributed by atoms with E-state index in [1.165, 1.54) is 36.8 Å². The molecule has 3 aromatic rings. The zero-order valence-electron chi connectivity index (χ0n) is 30.7. The van der Waals surface area contributed by atoms with Gasteiger partial charge in [0.2, 0.25) is 0 Å². The number of carboxylic acid groups (broad SMARTS) is 1. The Bertz CT molecular complexity index is 1570. The van der Waals surface area contributed by atoms with Crippen molar-refractivity contribution in [2.24, 2.45) is 24.8 Å². The standard InChI is InChI=1S/C13H19FN2O2.C8H13FO3.C4H7N3.C3H3N3O2/c1-3-13(7-9(14)8-13)12(18)11(17)6-10-4-5-16(2)15-10;1-2-8(3-5(9)4-8)6(10)7(11)12;1-7-3-2-4(5)6-7;7-6(8)3-1-2-4-5-3/h4-5,9,12,18H,3,6-8H2,1-2H3;5-6,10H,2-4H2,1H3,(H,11,12);2-3H,1H3,(H2,5,6);1-2H,(H,4,5)/i2D3;;1D3;. The lowest BCUT2D eigenvalue weighted by molar-refractivity contribution is -0.389. The second-order valence-corrected chi connectivity index (χ2v) is 10.9. The number of nitrogens with zero attached hydrogens (tertiary/aromatic N) is 6. The molecule has 0 saturated heterocycles. The molecule has 250 valence electrons. The second-order valence-electron chi connectivity index (χ2n) is 10.9. The molecule has 0 bridgehead atoms. The third-order valence-corrected chi connectivity index (χ3v) is 7.91. The van der Waals surface area contributed by atoms with Crippen LogP contribution in [0.1, 0.15) is 66.3 Å². The number of ketones is 1. The van der Waals surface area contributed by atoms with Crippen LogP contribution in [-0.4, -0.2) is 86.3 Å². The number of aliphatic hydroxyl groups is 2. The van der Waals surface area contributed by atoms with E-state index in [-0.39, 0.29) is 49.4 Å². The predicted octanol–water partition coefficient (Wildman–Crippen LogP) is 2.70. The van der Waals surface area contributed by atoms with Gasteiger partial charge in [-0.05, 0) is 55.6 Å². The molecule has 2 unspecified atom stereocenters. The molecule has 2 fully saturated rings. The number of halogens is 2. The van der Waals surface area contributed by atoms with Crippen LogP contribution in [-0.2, 0) is 30.0 Å². The number of aryl methyl sites for hydroxylation is 2. The van der Waals surface area contributed by atoms with E-state index in [1.807, 2.05) is 6.92 Å². The number of nitrogen functional groups attached to an aromatic ring is 1. The van der Waals surface area contributed by atoms with Crippen LogP contribution in [0.3, 0.4) is 0 Å². The first-order valence-corrected chi connectivity index (χ1v) is 13.9. The number of H-pyrrole nitrogens is 1. The molecule has 3 aromatic heterocycles. The number of aromatic amines is 1. The lowest BCUT2D eigenvalue weighted by atomic mass is 9.61. The van der Waals surface area contributed by atoms with E-state index in [0.29, 0.717) is 12.8 Å². The van der Waals surface area contributed by atoms with Gasteiger partial charge in [-0.25, -0.2) is 13.6 Å². The number of hydrogen-bond acceptors (Lipinski definition) is 10. The smallest absolute Gasteiger partial charge is 0.342 e. The first-order valence-electron chi connectivity index (χ1n) is 16.9. The molecule has 45 heavy (non-hydrogen) atoms. The van der Waals surface area contributed by atoms with E-state index in [9.17, 15) is 38.7 Å². The minimum absolute atomic E-state index is 0.0787. The molecule has 0 amide bonds. The second kappa shape index (κ2) is 16.2. The van der Waals surface area contributed by atoms with Crippen molar-refractivity contribution in [3.8, 4) is 0 Å². The van der Waals surface area contributed by atoms with E-state index in [2.05, 4.69) is 20.4 Å². The van der Waals surface area contributed by atoms with Gasteiger partial charge in [-0.2, -0.15) is 10.2 Å². The number of alkyl halides is 2. The largest absolute Gasteiger partial charge is 0.479 e. The summed E-state index contributed by atoms with van der Waals surface area (Å²) in [6.07, 6.45) is 1.05. The molecule has 0 spiro atoms. The Hall–Kier alpha value is -4.25. The molecular weight excluding hydrogens is 598 g/mol. The highest BCUT2D eigenvalue weighted by Crippen LogP contribution is 2.49. The fourth-order valence-corrected chi connectivity index (χ4v) is 5.08. The highest BCUT2D eigenvalue weighted by atomic mass is 19.1. The Labute approximate surface area is 267 Å². The lowest BCUT2D eigenvalue weighted by Crippen LogP contribution is -2.51. The van der Waals surface area contributed by atoms with Gasteiger partial charge in [-0.1, -0.05) is 18.9 Å². The van der Waals surface area contributed by atoms with Gasteiger partial charge in [0.1, 0.15) is 24.3 Å². The summed E-state index contributed by atoms with van der Waals surface area (Å²) >= 11 is 0. The summed E-state index contributed by atoms with van der Waals surface area (Å²) in [5, 5.41) is 50.6. The highest BCUT2D eigenvalue weighted by molar-refractivity contribution is 5.85. The monoisotopic (exact) mass is 646 g/mol. The van der Waals surface area contributed by atoms with Crippen molar-refractivity contribution in [1.82, 2.24) is 29.8 Å². The summed E-state index contributed by atoms with van der Waals surface area (Å²) in [7, 11) is 0. The normalized spacial score (nSPS) is 27.0. The summed E-state index contributed by atoms with van der Waals surface area (Å²) in [6.45, 7) is -0.999. The Kier molecular flexibility index (Phi) is 10.1. The van der Waals surface area contributed by atoms with Crippen LogP contribution in [0.4, 0.5) is 20.4 Å². The van der Waals surface area contributed by atoms with Gasteiger partial charge in [-0.3, -0.25) is 14.2 Å². The third kappa shape index (κ3) is 10.1. The first kappa shape index (κ1) is 28.2. The van der Waals surface area contributed by atoms with Crippen LogP contribution in [0.25, 0.3) is 0 Å². The molecule has 2 aliphatic carbocycles. The van der Waals surface area contributed by atoms with Gasteiger partial charge in [-0.15, -0.1) is 5.10 Å². The average molecular weight is 647 g/mol. The summed E-state index contributed by atoms with van der Waals surface area (Å²) < 4.78 is 69.5. The zero-order valence-corrected chi connectivity index (χ0v) is 24.7. The van der Waals surface area contributed by atoms with Gasteiger partial charge in [0.15, 0.2) is 11.9 Å². The minimum Gasteiger partial charge on any atom is -0.479 e. The molecule has 0 radical (unpaired) electrons. The molecule has 15 nitrogen and oxygen atoms in total. The highest BCUT2D eigenvalue weighted by Gasteiger charge is 2.51. The molecule has 3 heterocycles.